The fraction of sp³-hybridized carbons (Fsp3) is 0.111. The first-order chi connectivity index (χ1) is 12.0. The van der Waals surface area contributed by atoms with Crippen LogP contribution in [0.2, 0.25) is 0 Å². The second kappa shape index (κ2) is 8.25. The molecule has 0 aliphatic heterocycles. The first-order valence-corrected chi connectivity index (χ1v) is 8.93. The maximum atomic E-state index is 12.1. The Bertz CT molecular complexity index is 889. The lowest BCUT2D eigenvalue weighted by atomic mass is 10.1. The zero-order valence-corrected chi connectivity index (χ0v) is 14.3. The molecule has 0 aliphatic rings. The lowest BCUT2D eigenvalue weighted by Crippen LogP contribution is -2.18. The summed E-state index contributed by atoms with van der Waals surface area (Å²) in [5.74, 6) is -0.0482. The van der Waals surface area contributed by atoms with Gasteiger partial charge in [0.25, 0.3) is 5.91 Å². The highest BCUT2D eigenvalue weighted by Crippen LogP contribution is 2.19. The van der Waals surface area contributed by atoms with Crippen molar-refractivity contribution >= 4 is 22.0 Å². The molecule has 0 heterocycles. The third-order valence-electron chi connectivity index (χ3n) is 3.31. The summed E-state index contributed by atoms with van der Waals surface area (Å²) in [5, 5.41) is 3.52. The van der Waals surface area contributed by atoms with Crippen LogP contribution in [0.4, 0.5) is 0 Å². The van der Waals surface area contributed by atoms with Crippen molar-refractivity contribution in [2.45, 2.75) is 4.90 Å². The van der Waals surface area contributed by atoms with E-state index in [0.29, 0.717) is 11.8 Å². The van der Waals surface area contributed by atoms with Crippen LogP contribution in [-0.2, 0) is 9.84 Å². The van der Waals surface area contributed by atoms with Crippen molar-refractivity contribution in [3.8, 4) is 5.75 Å². The van der Waals surface area contributed by atoms with E-state index in [1.54, 1.807) is 18.2 Å². The van der Waals surface area contributed by atoms with Gasteiger partial charge in [0.1, 0.15) is 12.4 Å². The number of carbonyl (C=O) groups is 2. The lowest BCUT2D eigenvalue weighted by molar-refractivity contribution is 0.0963. The van der Waals surface area contributed by atoms with Crippen LogP contribution in [0.25, 0.3) is 0 Å². The van der Waals surface area contributed by atoms with E-state index in [0.717, 1.165) is 5.41 Å². The Morgan fingerprint density at radius 1 is 1.16 bits per heavy atom. The summed E-state index contributed by atoms with van der Waals surface area (Å²) in [4.78, 5) is 22.9. The van der Waals surface area contributed by atoms with Crippen molar-refractivity contribution in [2.75, 3.05) is 13.7 Å². The molecule has 0 aliphatic carbocycles. The lowest BCUT2D eigenvalue weighted by Gasteiger charge is -2.08. The number of aldehydes is 1. The number of amides is 1. The third kappa shape index (κ3) is 4.77. The molecule has 1 amide bonds. The molecule has 0 atom stereocenters. The maximum absolute atomic E-state index is 12.1. The average molecular weight is 359 g/mol. The van der Waals surface area contributed by atoms with Gasteiger partial charge in [0.2, 0.25) is 0 Å². The first-order valence-electron chi connectivity index (χ1n) is 7.38. The Morgan fingerprint density at radius 2 is 1.88 bits per heavy atom. The molecule has 7 heteroatoms. The molecule has 0 bridgehead atoms. The normalized spacial score (nSPS) is 11.2. The van der Waals surface area contributed by atoms with Gasteiger partial charge in [-0.3, -0.25) is 9.59 Å². The highest BCUT2D eigenvalue weighted by molar-refractivity contribution is 7.94. The van der Waals surface area contributed by atoms with Crippen LogP contribution in [0.5, 0.6) is 5.75 Å². The summed E-state index contributed by atoms with van der Waals surface area (Å²) in [6.45, 7) is -0.0355. The Kier molecular flexibility index (Phi) is 6.08. The number of hydrogen-bond donors (Lipinski definition) is 1. The summed E-state index contributed by atoms with van der Waals surface area (Å²) in [6.07, 6.45) is 1.93. The van der Waals surface area contributed by atoms with Crippen molar-refractivity contribution in [2.24, 2.45) is 0 Å². The first kappa shape index (κ1) is 18.4. The van der Waals surface area contributed by atoms with Gasteiger partial charge in [0, 0.05) is 18.0 Å². The molecule has 2 rings (SSSR count). The predicted octanol–water partition coefficient (Wildman–Crippen LogP) is 2.23. The van der Waals surface area contributed by atoms with E-state index >= 15 is 0 Å². The van der Waals surface area contributed by atoms with Crippen LogP contribution in [0.15, 0.2) is 64.9 Å². The Morgan fingerprint density at radius 3 is 2.52 bits per heavy atom. The number of ether oxygens (including phenoxy) is 1. The fourth-order valence-corrected chi connectivity index (χ4v) is 3.08. The fourth-order valence-electron chi connectivity index (χ4n) is 2.05. The van der Waals surface area contributed by atoms with Crippen molar-refractivity contribution in [3.05, 3.63) is 71.1 Å². The summed E-state index contributed by atoms with van der Waals surface area (Å²) in [7, 11) is -2.04. The predicted molar refractivity (Wildman–Crippen MR) is 93.5 cm³/mol. The SMILES string of the molecule is CNC(=O)c1ccc(OC/C=C/S(=O)(=O)c2ccccc2)c(C=O)c1. The maximum Gasteiger partial charge on any atom is 0.251 e. The number of sulfone groups is 1. The molecule has 6 nitrogen and oxygen atoms in total. The highest BCUT2D eigenvalue weighted by Gasteiger charge is 2.10. The van der Waals surface area contributed by atoms with Gasteiger partial charge in [0.05, 0.1) is 10.5 Å². The van der Waals surface area contributed by atoms with Crippen LogP contribution < -0.4 is 10.1 Å². The molecule has 0 radical (unpaired) electrons. The van der Waals surface area contributed by atoms with Crippen molar-refractivity contribution in [1.29, 1.82) is 0 Å². The molecule has 0 aromatic heterocycles. The van der Waals surface area contributed by atoms with E-state index < -0.39 is 9.84 Å². The zero-order valence-electron chi connectivity index (χ0n) is 13.5. The highest BCUT2D eigenvalue weighted by atomic mass is 32.2. The molecule has 25 heavy (non-hydrogen) atoms. The Hall–Kier alpha value is -2.93. The van der Waals surface area contributed by atoms with E-state index in [1.807, 2.05) is 0 Å². The number of rotatable bonds is 7. The molecule has 0 unspecified atom stereocenters. The van der Waals surface area contributed by atoms with Crippen LogP contribution >= 0.6 is 0 Å². The molecule has 2 aromatic carbocycles. The van der Waals surface area contributed by atoms with Gasteiger partial charge in [-0.25, -0.2) is 8.42 Å². The minimum atomic E-state index is -3.53. The molecular weight excluding hydrogens is 342 g/mol. The summed E-state index contributed by atoms with van der Waals surface area (Å²) in [5.41, 5.74) is 0.541. The monoisotopic (exact) mass is 359 g/mol. The molecule has 1 N–H and O–H groups in total. The van der Waals surface area contributed by atoms with E-state index in [2.05, 4.69) is 5.32 Å². The molecule has 0 spiro atoms. The largest absolute Gasteiger partial charge is 0.489 e. The van der Waals surface area contributed by atoms with Crippen LogP contribution in [-0.4, -0.2) is 34.3 Å². The average Bonchev–Trinajstić information content (AvgIpc) is 2.65. The van der Waals surface area contributed by atoms with E-state index in [-0.39, 0.29) is 28.7 Å². The van der Waals surface area contributed by atoms with Crippen LogP contribution in [0, 0.1) is 0 Å². The van der Waals surface area contributed by atoms with Crippen molar-refractivity contribution < 1.29 is 22.7 Å². The van der Waals surface area contributed by atoms with Crippen LogP contribution in [0.3, 0.4) is 0 Å². The third-order valence-corrected chi connectivity index (χ3v) is 4.79. The summed E-state index contributed by atoms with van der Waals surface area (Å²) in [6, 6.07) is 12.4. The van der Waals surface area contributed by atoms with Gasteiger partial charge in [-0.05, 0) is 36.4 Å². The molecule has 2 aromatic rings. The Balaban J connectivity index is 2.06. The number of hydrogen-bond acceptors (Lipinski definition) is 5. The topological polar surface area (TPSA) is 89.5 Å². The van der Waals surface area contributed by atoms with E-state index in [9.17, 15) is 18.0 Å². The molecule has 0 fully saturated rings. The Labute approximate surface area is 146 Å². The minimum Gasteiger partial charge on any atom is -0.489 e. The van der Waals surface area contributed by atoms with Gasteiger partial charge < -0.3 is 10.1 Å². The smallest absolute Gasteiger partial charge is 0.251 e. The molecule has 0 saturated carbocycles. The van der Waals surface area contributed by atoms with Crippen molar-refractivity contribution in [3.63, 3.8) is 0 Å². The standard InChI is InChI=1S/C18H17NO5S/c1-19-18(21)14-8-9-17(15(12-14)13-20)24-10-5-11-25(22,23)16-6-3-2-4-7-16/h2-9,11-13H,10H2,1H3,(H,19,21)/b11-5+. The summed E-state index contributed by atoms with van der Waals surface area (Å²) < 4.78 is 29.6. The van der Waals surface area contributed by atoms with E-state index in [1.165, 1.54) is 43.5 Å². The number of benzene rings is 2. The molecule has 0 saturated heterocycles. The zero-order chi connectivity index (χ0) is 18.3. The van der Waals surface area contributed by atoms with E-state index in [4.69, 9.17) is 4.74 Å². The van der Waals surface area contributed by atoms with Gasteiger partial charge >= 0.3 is 0 Å². The molecular formula is C18H17NO5S. The van der Waals surface area contributed by atoms with Crippen molar-refractivity contribution in [1.82, 2.24) is 5.32 Å². The number of carbonyl (C=O) groups excluding carboxylic acids is 2. The second-order valence-electron chi connectivity index (χ2n) is 4.99. The molecule has 130 valence electrons. The number of nitrogens with one attached hydrogen (secondary N) is 1. The van der Waals surface area contributed by atoms with Crippen LogP contribution in [0.1, 0.15) is 20.7 Å². The minimum absolute atomic E-state index is 0.0355. The second-order valence-corrected chi connectivity index (χ2v) is 6.82. The van der Waals surface area contributed by atoms with Gasteiger partial charge in [-0.15, -0.1) is 0 Å². The quantitative estimate of drug-likeness (QED) is 0.766. The van der Waals surface area contributed by atoms with Gasteiger partial charge in [-0.1, -0.05) is 18.2 Å². The summed E-state index contributed by atoms with van der Waals surface area (Å²) >= 11 is 0. The van der Waals surface area contributed by atoms with Gasteiger partial charge in [-0.2, -0.15) is 0 Å². The van der Waals surface area contributed by atoms with Gasteiger partial charge in [0.15, 0.2) is 16.1 Å².